The summed E-state index contributed by atoms with van der Waals surface area (Å²) >= 11 is 0. The summed E-state index contributed by atoms with van der Waals surface area (Å²) in [6, 6.07) is 8.40. The predicted octanol–water partition coefficient (Wildman–Crippen LogP) is 3.07. The SMILES string of the molecule is CC12CCC(=O)C(O)=C1CCc1ccccc12. The van der Waals surface area contributed by atoms with Crippen molar-refractivity contribution in [3.63, 3.8) is 0 Å². The number of rotatable bonds is 0. The number of aliphatic hydroxyl groups excluding tert-OH is 1. The minimum Gasteiger partial charge on any atom is -0.504 e. The number of carbonyl (C=O) groups is 1. The van der Waals surface area contributed by atoms with E-state index in [4.69, 9.17) is 0 Å². The fourth-order valence-electron chi connectivity index (χ4n) is 3.29. The molecule has 2 nitrogen and oxygen atoms in total. The van der Waals surface area contributed by atoms with Crippen LogP contribution < -0.4 is 0 Å². The maximum atomic E-state index is 11.6. The third-order valence-corrected chi connectivity index (χ3v) is 4.32. The highest BCUT2D eigenvalue weighted by Gasteiger charge is 2.42. The average molecular weight is 228 g/mol. The Balaban J connectivity index is 2.23. The van der Waals surface area contributed by atoms with E-state index in [9.17, 15) is 9.90 Å². The quantitative estimate of drug-likeness (QED) is 0.741. The minimum atomic E-state index is -0.132. The molecule has 3 rings (SSSR count). The Morgan fingerprint density at radius 3 is 2.76 bits per heavy atom. The zero-order valence-corrected chi connectivity index (χ0v) is 9.99. The normalized spacial score (nSPS) is 27.7. The second kappa shape index (κ2) is 3.46. The Bertz CT molecular complexity index is 527. The molecule has 0 aromatic heterocycles. The fourth-order valence-corrected chi connectivity index (χ4v) is 3.29. The molecule has 0 saturated heterocycles. The van der Waals surface area contributed by atoms with Crippen LogP contribution in [0.25, 0.3) is 0 Å². The molecule has 0 radical (unpaired) electrons. The highest BCUT2D eigenvalue weighted by molar-refractivity contribution is 5.95. The van der Waals surface area contributed by atoms with Crippen LogP contribution in [0.15, 0.2) is 35.6 Å². The smallest absolute Gasteiger partial charge is 0.197 e. The number of aliphatic hydroxyl groups is 1. The molecule has 2 aliphatic carbocycles. The van der Waals surface area contributed by atoms with Gasteiger partial charge in [-0.25, -0.2) is 0 Å². The van der Waals surface area contributed by atoms with Crippen molar-refractivity contribution in [3.8, 4) is 0 Å². The van der Waals surface area contributed by atoms with Crippen molar-refractivity contribution < 1.29 is 9.90 Å². The van der Waals surface area contributed by atoms with Crippen LogP contribution in [0.1, 0.15) is 37.3 Å². The van der Waals surface area contributed by atoms with Gasteiger partial charge in [0.15, 0.2) is 11.5 Å². The Morgan fingerprint density at radius 2 is 1.94 bits per heavy atom. The zero-order valence-electron chi connectivity index (χ0n) is 9.99. The topological polar surface area (TPSA) is 37.3 Å². The lowest BCUT2D eigenvalue weighted by Gasteiger charge is -2.41. The van der Waals surface area contributed by atoms with Crippen molar-refractivity contribution in [2.45, 2.75) is 38.0 Å². The van der Waals surface area contributed by atoms with Crippen molar-refractivity contribution >= 4 is 5.78 Å². The number of ketones is 1. The molecule has 1 unspecified atom stereocenters. The number of allylic oxidation sites excluding steroid dienone is 2. The van der Waals surface area contributed by atoms with E-state index in [-0.39, 0.29) is 17.0 Å². The first kappa shape index (κ1) is 10.6. The summed E-state index contributed by atoms with van der Waals surface area (Å²) in [4.78, 5) is 11.6. The molecule has 17 heavy (non-hydrogen) atoms. The van der Waals surface area contributed by atoms with Gasteiger partial charge in [0, 0.05) is 11.8 Å². The Morgan fingerprint density at radius 1 is 1.18 bits per heavy atom. The second-order valence-electron chi connectivity index (χ2n) is 5.24. The summed E-state index contributed by atoms with van der Waals surface area (Å²) in [7, 11) is 0. The van der Waals surface area contributed by atoms with Crippen molar-refractivity contribution in [1.29, 1.82) is 0 Å². The number of benzene rings is 1. The van der Waals surface area contributed by atoms with Crippen LogP contribution in [0, 0.1) is 0 Å². The van der Waals surface area contributed by atoms with Crippen molar-refractivity contribution in [2.75, 3.05) is 0 Å². The summed E-state index contributed by atoms with van der Waals surface area (Å²) in [5.41, 5.74) is 3.47. The van der Waals surface area contributed by atoms with Gasteiger partial charge in [0.05, 0.1) is 0 Å². The predicted molar refractivity (Wildman–Crippen MR) is 66.0 cm³/mol. The Hall–Kier alpha value is -1.57. The van der Waals surface area contributed by atoms with Crippen LogP contribution in [-0.2, 0) is 16.6 Å². The van der Waals surface area contributed by atoms with E-state index in [1.807, 2.05) is 6.07 Å². The Labute approximate surface area is 101 Å². The van der Waals surface area contributed by atoms with Crippen LogP contribution in [-0.4, -0.2) is 10.9 Å². The summed E-state index contributed by atoms with van der Waals surface area (Å²) in [6.45, 7) is 2.16. The lowest BCUT2D eigenvalue weighted by molar-refractivity contribution is -0.119. The zero-order chi connectivity index (χ0) is 12.0. The second-order valence-corrected chi connectivity index (χ2v) is 5.24. The Kier molecular flexibility index (Phi) is 2.15. The third kappa shape index (κ3) is 1.36. The number of hydrogen-bond donors (Lipinski definition) is 1. The van der Waals surface area contributed by atoms with Crippen LogP contribution >= 0.6 is 0 Å². The highest BCUT2D eigenvalue weighted by Crippen LogP contribution is 2.47. The number of aryl methyl sites for hydroxylation is 1. The van der Waals surface area contributed by atoms with E-state index >= 15 is 0 Å². The van der Waals surface area contributed by atoms with E-state index < -0.39 is 0 Å². The van der Waals surface area contributed by atoms with E-state index in [1.165, 1.54) is 11.1 Å². The summed E-state index contributed by atoms with van der Waals surface area (Å²) in [5, 5.41) is 9.99. The van der Waals surface area contributed by atoms with E-state index in [0.717, 1.165) is 24.8 Å². The van der Waals surface area contributed by atoms with Crippen molar-refractivity contribution in [3.05, 3.63) is 46.7 Å². The molecule has 1 atom stereocenters. The van der Waals surface area contributed by atoms with Gasteiger partial charge in [-0.15, -0.1) is 0 Å². The molecule has 0 bridgehead atoms. The highest BCUT2D eigenvalue weighted by atomic mass is 16.3. The minimum absolute atomic E-state index is 0.0354. The van der Waals surface area contributed by atoms with Crippen LogP contribution in [0.4, 0.5) is 0 Å². The number of hydrogen-bond acceptors (Lipinski definition) is 2. The molecule has 2 heteroatoms. The van der Waals surface area contributed by atoms with Gasteiger partial charge in [0.2, 0.25) is 0 Å². The molecule has 0 saturated carbocycles. The van der Waals surface area contributed by atoms with Crippen LogP contribution in [0.2, 0.25) is 0 Å². The monoisotopic (exact) mass is 228 g/mol. The fraction of sp³-hybridized carbons (Fsp3) is 0.400. The van der Waals surface area contributed by atoms with Gasteiger partial charge in [0.25, 0.3) is 0 Å². The number of fused-ring (bicyclic) bond motifs is 3. The molecule has 1 aromatic carbocycles. The largest absolute Gasteiger partial charge is 0.504 e. The van der Waals surface area contributed by atoms with Crippen molar-refractivity contribution in [1.82, 2.24) is 0 Å². The van der Waals surface area contributed by atoms with Gasteiger partial charge in [0.1, 0.15) is 0 Å². The van der Waals surface area contributed by atoms with Gasteiger partial charge < -0.3 is 5.11 Å². The molecule has 2 aliphatic rings. The lowest BCUT2D eigenvalue weighted by Crippen LogP contribution is -2.36. The average Bonchev–Trinajstić information content (AvgIpc) is 2.35. The van der Waals surface area contributed by atoms with Gasteiger partial charge in [-0.3, -0.25) is 4.79 Å². The van der Waals surface area contributed by atoms with Crippen molar-refractivity contribution in [2.24, 2.45) is 0 Å². The van der Waals surface area contributed by atoms with Gasteiger partial charge in [-0.05, 0) is 36.0 Å². The van der Waals surface area contributed by atoms with Gasteiger partial charge in [-0.1, -0.05) is 31.2 Å². The molecule has 0 heterocycles. The van der Waals surface area contributed by atoms with E-state index in [1.54, 1.807) is 0 Å². The maximum absolute atomic E-state index is 11.6. The third-order valence-electron chi connectivity index (χ3n) is 4.32. The van der Waals surface area contributed by atoms with Crippen LogP contribution in [0.5, 0.6) is 0 Å². The maximum Gasteiger partial charge on any atom is 0.197 e. The van der Waals surface area contributed by atoms with Gasteiger partial charge >= 0.3 is 0 Å². The summed E-state index contributed by atoms with van der Waals surface area (Å²) in [6.07, 6.45) is 3.02. The summed E-state index contributed by atoms with van der Waals surface area (Å²) < 4.78 is 0. The molecular weight excluding hydrogens is 212 g/mol. The molecule has 1 aromatic rings. The standard InChI is InChI=1S/C15H16O2/c1-15-9-8-13(16)14(17)12(15)7-6-10-4-2-3-5-11(10)15/h2-5,17H,6-9H2,1H3. The molecule has 88 valence electrons. The summed E-state index contributed by atoms with van der Waals surface area (Å²) in [5.74, 6) is -0.0508. The molecule has 0 spiro atoms. The molecule has 0 amide bonds. The van der Waals surface area contributed by atoms with Gasteiger partial charge in [-0.2, -0.15) is 0 Å². The molecule has 1 N–H and O–H groups in total. The first-order chi connectivity index (χ1) is 8.13. The number of carbonyl (C=O) groups excluding carboxylic acids is 1. The molecule has 0 fully saturated rings. The molecule has 0 aliphatic heterocycles. The van der Waals surface area contributed by atoms with E-state index in [2.05, 4.69) is 25.1 Å². The first-order valence-corrected chi connectivity index (χ1v) is 6.17. The first-order valence-electron chi connectivity index (χ1n) is 6.17. The molecular formula is C15H16O2. The number of Topliss-reactive ketones (excluding diaryl/α,β-unsaturated/α-hetero) is 1. The van der Waals surface area contributed by atoms with E-state index in [0.29, 0.717) is 6.42 Å². The van der Waals surface area contributed by atoms with Crippen LogP contribution in [0.3, 0.4) is 0 Å². The lowest BCUT2D eigenvalue weighted by atomic mass is 9.62.